The Morgan fingerprint density at radius 3 is 2.42 bits per heavy atom. The van der Waals surface area contributed by atoms with Crippen molar-refractivity contribution in [1.82, 2.24) is 25.3 Å². The maximum absolute atomic E-state index is 13.7. The molecule has 0 saturated heterocycles. The third kappa shape index (κ3) is 6.54. The highest BCUT2D eigenvalue weighted by Gasteiger charge is 2.27. The number of fused-ring (bicyclic) bond motifs is 2. The zero-order chi connectivity index (χ0) is 34.9. The lowest BCUT2D eigenvalue weighted by molar-refractivity contribution is -0.143. The van der Waals surface area contributed by atoms with Gasteiger partial charge in [0, 0.05) is 23.9 Å². The average Bonchev–Trinajstić information content (AvgIpc) is 3.46. The molecule has 0 saturated carbocycles. The molecule has 0 fully saturated rings. The number of H-pyrrole nitrogens is 1. The summed E-state index contributed by atoms with van der Waals surface area (Å²) in [4.78, 5) is 76.5. The number of phenolic OH excluding ortho intramolecular Hbond substituents is 4. The fraction of sp³-hybridized carbons (Fsp3) is 0.172. The number of aromatic hydroxyl groups is 4. The lowest BCUT2D eigenvalue weighted by atomic mass is 10.0. The molecular formula is C29H23N5O14. The second kappa shape index (κ2) is 12.8. The first-order chi connectivity index (χ1) is 22.7. The van der Waals surface area contributed by atoms with E-state index in [1.54, 1.807) is 0 Å². The summed E-state index contributed by atoms with van der Waals surface area (Å²) >= 11 is 0. The van der Waals surface area contributed by atoms with Crippen molar-refractivity contribution in [3.05, 3.63) is 68.6 Å². The molecule has 1 atom stereocenters. The largest absolute Gasteiger partial charge is 0.504 e. The topological polar surface area (TPSA) is 305 Å². The Kier molecular flexibility index (Phi) is 8.68. The predicted molar refractivity (Wildman–Crippen MR) is 158 cm³/mol. The van der Waals surface area contributed by atoms with Crippen LogP contribution in [0.1, 0.15) is 28.9 Å². The molecule has 19 nitrogen and oxygen atoms in total. The van der Waals surface area contributed by atoms with Gasteiger partial charge < -0.3 is 50.1 Å². The number of carboxylic acid groups (broad SMARTS) is 2. The van der Waals surface area contributed by atoms with E-state index in [9.17, 15) is 54.3 Å². The monoisotopic (exact) mass is 665 g/mol. The van der Waals surface area contributed by atoms with Gasteiger partial charge in [-0.2, -0.15) is 0 Å². The van der Waals surface area contributed by atoms with Gasteiger partial charge in [0.1, 0.15) is 42.3 Å². The second-order valence-electron chi connectivity index (χ2n) is 10.3. The van der Waals surface area contributed by atoms with Crippen LogP contribution in [0.15, 0.2) is 50.7 Å². The fourth-order valence-corrected chi connectivity index (χ4v) is 4.69. The van der Waals surface area contributed by atoms with E-state index in [1.165, 1.54) is 6.07 Å². The first-order valence-corrected chi connectivity index (χ1v) is 13.6. The molecule has 1 amide bonds. The summed E-state index contributed by atoms with van der Waals surface area (Å²) in [6, 6.07) is 2.86. The number of carbonyl (C=O) groups excluding carboxylic acids is 2. The molecule has 0 aliphatic heterocycles. The zero-order valence-electron chi connectivity index (χ0n) is 24.2. The van der Waals surface area contributed by atoms with Crippen molar-refractivity contribution in [3.63, 3.8) is 0 Å². The van der Waals surface area contributed by atoms with Crippen molar-refractivity contribution in [3.8, 4) is 34.1 Å². The summed E-state index contributed by atoms with van der Waals surface area (Å²) in [6.07, 6.45) is 1.20. The van der Waals surface area contributed by atoms with Gasteiger partial charge in [-0.25, -0.2) is 14.3 Å². The van der Waals surface area contributed by atoms with Crippen LogP contribution in [0.3, 0.4) is 0 Å². The SMILES string of the molecule is O=C(O)CC[C@H](NC(=O)Cn1cc(COC(=O)c2c(O)c(O)cc3occ(-c4cc5cc(O)c(O)cc5[nH]c4=O)c(=O)c23)nn1)C(=O)O. The van der Waals surface area contributed by atoms with Crippen LogP contribution in [0.5, 0.6) is 23.0 Å². The van der Waals surface area contributed by atoms with Gasteiger partial charge in [0.2, 0.25) is 11.3 Å². The van der Waals surface area contributed by atoms with Gasteiger partial charge in [0.05, 0.1) is 28.2 Å². The number of phenols is 4. The number of carbonyl (C=O) groups is 4. The van der Waals surface area contributed by atoms with Crippen molar-refractivity contribution in [2.24, 2.45) is 0 Å². The summed E-state index contributed by atoms with van der Waals surface area (Å²) in [5, 5.41) is 67.6. The molecule has 0 aliphatic rings. The molecule has 248 valence electrons. The molecule has 5 aromatic rings. The minimum atomic E-state index is -1.47. The number of esters is 1. The standard InChI is InChI=1S/C29H23N5O14/c35-17-4-11-3-13(27(43)31-16(11)5-18(17)36)14-10-47-20-6-19(37)26(42)24(23(20)25(14)41)29(46)48-9-12-7-34(33-32-12)8-21(38)30-15(28(44)45)1-2-22(39)40/h3-7,10,15,35-37,42H,1-2,8-9H2,(H,30,38)(H,31,43)(H,39,40)(H,44,45)/t15-/m0/s1. The molecular weight excluding hydrogens is 642 g/mol. The van der Waals surface area contributed by atoms with Crippen molar-refractivity contribution in [1.29, 1.82) is 0 Å². The van der Waals surface area contributed by atoms with Gasteiger partial charge in [-0.05, 0) is 18.6 Å². The Morgan fingerprint density at radius 1 is 0.979 bits per heavy atom. The number of carboxylic acids is 2. The van der Waals surface area contributed by atoms with Crippen molar-refractivity contribution < 1.29 is 59.0 Å². The number of nitrogens with zero attached hydrogens (tertiary/aromatic N) is 3. The first-order valence-electron chi connectivity index (χ1n) is 13.6. The molecule has 8 N–H and O–H groups in total. The van der Waals surface area contributed by atoms with Crippen molar-refractivity contribution in [2.75, 3.05) is 0 Å². The van der Waals surface area contributed by atoms with E-state index in [2.05, 4.69) is 20.6 Å². The van der Waals surface area contributed by atoms with Crippen LogP contribution in [-0.4, -0.2) is 80.5 Å². The molecule has 5 rings (SSSR count). The molecule has 0 bridgehead atoms. The number of rotatable bonds is 11. The smallest absolute Gasteiger partial charge is 0.343 e. The Bertz CT molecular complexity index is 2250. The van der Waals surface area contributed by atoms with Crippen LogP contribution < -0.4 is 16.3 Å². The van der Waals surface area contributed by atoms with Gasteiger partial charge in [0.25, 0.3) is 5.56 Å². The molecule has 19 heteroatoms. The van der Waals surface area contributed by atoms with Crippen LogP contribution >= 0.6 is 0 Å². The van der Waals surface area contributed by atoms with E-state index in [0.29, 0.717) is 0 Å². The van der Waals surface area contributed by atoms with Crippen molar-refractivity contribution in [2.45, 2.75) is 32.0 Å². The molecule has 2 aromatic carbocycles. The van der Waals surface area contributed by atoms with Crippen molar-refractivity contribution >= 4 is 45.7 Å². The summed E-state index contributed by atoms with van der Waals surface area (Å²) < 4.78 is 11.6. The van der Waals surface area contributed by atoms with Crippen LogP contribution in [0.25, 0.3) is 33.0 Å². The third-order valence-electron chi connectivity index (χ3n) is 6.98. The molecule has 3 heterocycles. The fourth-order valence-electron chi connectivity index (χ4n) is 4.69. The molecule has 3 aromatic heterocycles. The molecule has 0 aliphatic carbocycles. The summed E-state index contributed by atoms with van der Waals surface area (Å²) in [5.74, 6) is -7.74. The van der Waals surface area contributed by atoms with Gasteiger partial charge in [-0.15, -0.1) is 5.10 Å². The van der Waals surface area contributed by atoms with Gasteiger partial charge in [0.15, 0.2) is 23.0 Å². The van der Waals surface area contributed by atoms with E-state index >= 15 is 0 Å². The van der Waals surface area contributed by atoms with E-state index in [1.807, 2.05) is 0 Å². The molecule has 0 radical (unpaired) electrons. The number of hydrogen-bond donors (Lipinski definition) is 8. The summed E-state index contributed by atoms with van der Waals surface area (Å²) in [7, 11) is 0. The summed E-state index contributed by atoms with van der Waals surface area (Å²) in [6.45, 7) is -1.16. The zero-order valence-corrected chi connectivity index (χ0v) is 24.2. The Morgan fingerprint density at radius 2 is 1.71 bits per heavy atom. The first kappa shape index (κ1) is 32.5. The highest BCUT2D eigenvalue weighted by atomic mass is 16.5. The lowest BCUT2D eigenvalue weighted by Crippen LogP contribution is -2.42. The third-order valence-corrected chi connectivity index (χ3v) is 6.98. The maximum atomic E-state index is 13.7. The van der Waals surface area contributed by atoms with E-state index in [-0.39, 0.29) is 39.7 Å². The number of benzene rings is 2. The normalized spacial score (nSPS) is 11.8. The van der Waals surface area contributed by atoms with E-state index < -0.39 is 94.4 Å². The molecule has 48 heavy (non-hydrogen) atoms. The Balaban J connectivity index is 1.39. The van der Waals surface area contributed by atoms with E-state index in [0.717, 1.165) is 35.3 Å². The number of amides is 1. The van der Waals surface area contributed by atoms with Gasteiger partial charge in [-0.3, -0.25) is 19.2 Å². The summed E-state index contributed by atoms with van der Waals surface area (Å²) in [5.41, 5.74) is -3.48. The second-order valence-corrected chi connectivity index (χ2v) is 10.3. The number of nitrogens with one attached hydrogen (secondary N) is 2. The maximum Gasteiger partial charge on any atom is 0.343 e. The number of hydrogen-bond acceptors (Lipinski definition) is 14. The quantitative estimate of drug-likeness (QED) is 0.0703. The number of pyridine rings is 1. The van der Waals surface area contributed by atoms with Gasteiger partial charge in [-0.1, -0.05) is 5.21 Å². The highest BCUT2D eigenvalue weighted by Crippen LogP contribution is 2.36. The Hall–Kier alpha value is -6.92. The number of aromatic nitrogens is 4. The van der Waals surface area contributed by atoms with Crippen LogP contribution in [0.2, 0.25) is 0 Å². The predicted octanol–water partition coefficient (Wildman–Crippen LogP) is 0.507. The Labute approximate surface area is 264 Å². The van der Waals surface area contributed by atoms with Crippen LogP contribution in [-0.2, 0) is 32.3 Å². The number of aliphatic carboxylic acids is 2. The highest BCUT2D eigenvalue weighted by molar-refractivity contribution is 6.07. The average molecular weight is 666 g/mol. The van der Waals surface area contributed by atoms with Gasteiger partial charge >= 0.3 is 17.9 Å². The minimum absolute atomic E-state index is 0.0366. The number of ether oxygens (including phenoxy) is 1. The number of aromatic amines is 1. The molecule has 0 spiro atoms. The lowest BCUT2D eigenvalue weighted by Gasteiger charge is -2.13. The molecule has 0 unspecified atom stereocenters. The van der Waals surface area contributed by atoms with E-state index in [4.69, 9.17) is 14.3 Å². The van der Waals surface area contributed by atoms with Crippen LogP contribution in [0, 0.1) is 0 Å². The van der Waals surface area contributed by atoms with Crippen LogP contribution in [0.4, 0.5) is 0 Å². The minimum Gasteiger partial charge on any atom is -0.504 e.